The van der Waals surface area contributed by atoms with Crippen molar-refractivity contribution < 1.29 is 18.3 Å². The third-order valence-corrected chi connectivity index (χ3v) is 7.71. The summed E-state index contributed by atoms with van der Waals surface area (Å²) in [5.41, 5.74) is 2.57. The first-order valence-corrected chi connectivity index (χ1v) is 13.3. The van der Waals surface area contributed by atoms with E-state index in [-0.39, 0.29) is 17.2 Å². The molecule has 2 aromatic heterocycles. The minimum Gasteiger partial charge on any atom is -0.472 e. The maximum absolute atomic E-state index is 12.9. The number of fused-ring (bicyclic) bond motifs is 1. The molecule has 36 heavy (non-hydrogen) atoms. The highest BCUT2D eigenvalue weighted by atomic mass is 19.3. The Bertz CT molecular complexity index is 1080. The maximum atomic E-state index is 12.9. The van der Waals surface area contributed by atoms with Gasteiger partial charge in [0.05, 0.1) is 5.69 Å². The summed E-state index contributed by atoms with van der Waals surface area (Å²) < 4.78 is 31.5. The Morgan fingerprint density at radius 1 is 1.08 bits per heavy atom. The Morgan fingerprint density at radius 3 is 2.58 bits per heavy atom. The summed E-state index contributed by atoms with van der Waals surface area (Å²) in [6.07, 6.45) is 5.32. The Labute approximate surface area is 211 Å². The first-order chi connectivity index (χ1) is 17.4. The molecule has 6 nitrogen and oxygen atoms in total. The molecule has 2 aromatic rings. The zero-order chi connectivity index (χ0) is 25.5. The smallest absolute Gasteiger partial charge is 0.272 e. The summed E-state index contributed by atoms with van der Waals surface area (Å²) in [5, 5.41) is 0. The van der Waals surface area contributed by atoms with Gasteiger partial charge >= 0.3 is 0 Å². The van der Waals surface area contributed by atoms with Crippen LogP contribution in [0.1, 0.15) is 67.2 Å². The molecule has 1 fully saturated rings. The number of carbonyl (C=O) groups is 1. The highest BCUT2D eigenvalue weighted by Crippen LogP contribution is 2.33. The van der Waals surface area contributed by atoms with Gasteiger partial charge in [-0.2, -0.15) is 0 Å². The number of carbonyl (C=O) groups excluding carboxylic acids is 1. The summed E-state index contributed by atoms with van der Waals surface area (Å²) in [7, 11) is 0. The van der Waals surface area contributed by atoms with Crippen molar-refractivity contribution in [2.24, 2.45) is 11.8 Å². The Hall–Kier alpha value is -2.61. The predicted molar refractivity (Wildman–Crippen MR) is 135 cm³/mol. The first-order valence-electron chi connectivity index (χ1n) is 13.3. The second-order valence-electron chi connectivity index (χ2n) is 10.1. The van der Waals surface area contributed by atoms with Gasteiger partial charge in [0, 0.05) is 50.3 Å². The largest absolute Gasteiger partial charge is 0.472 e. The highest BCUT2D eigenvalue weighted by Gasteiger charge is 2.25. The van der Waals surface area contributed by atoms with Crippen molar-refractivity contribution in [2.75, 3.05) is 26.2 Å². The summed E-state index contributed by atoms with van der Waals surface area (Å²) >= 11 is 0. The average Bonchev–Trinajstić information content (AvgIpc) is 3.08. The molecular formula is C28H37F2N3O3. The Kier molecular flexibility index (Phi) is 9.24. The summed E-state index contributed by atoms with van der Waals surface area (Å²) in [6.45, 7) is 4.72. The normalized spacial score (nSPS) is 20.7. The molecule has 0 N–H and O–H groups in total. The van der Waals surface area contributed by atoms with Gasteiger partial charge in [-0.25, -0.2) is 13.8 Å². The van der Waals surface area contributed by atoms with Gasteiger partial charge in [-0.3, -0.25) is 9.59 Å². The number of alkyl halides is 2. The SMILES string of the molecule is CCn1c(C(=O)CC2CCC(CCN3CCc4ccc(OCC(F)F)nc4CC3)CC2)cccc1=O. The van der Waals surface area contributed by atoms with Gasteiger partial charge in [0.2, 0.25) is 5.88 Å². The quantitative estimate of drug-likeness (QED) is 0.439. The molecule has 0 saturated heterocycles. The molecule has 1 aliphatic heterocycles. The molecule has 0 spiro atoms. The zero-order valence-corrected chi connectivity index (χ0v) is 21.1. The third kappa shape index (κ3) is 6.99. The molecule has 2 aliphatic rings. The van der Waals surface area contributed by atoms with Crippen LogP contribution in [0.5, 0.6) is 5.88 Å². The third-order valence-electron chi connectivity index (χ3n) is 7.71. The lowest BCUT2D eigenvalue weighted by Gasteiger charge is -2.30. The fourth-order valence-electron chi connectivity index (χ4n) is 5.61. The number of pyridine rings is 2. The maximum Gasteiger partial charge on any atom is 0.272 e. The second kappa shape index (κ2) is 12.6. The number of ether oxygens (including phenoxy) is 1. The van der Waals surface area contributed by atoms with Crippen LogP contribution in [0.15, 0.2) is 35.1 Å². The minimum absolute atomic E-state index is 0.0819. The van der Waals surface area contributed by atoms with Crippen molar-refractivity contribution in [1.29, 1.82) is 0 Å². The predicted octanol–water partition coefficient (Wildman–Crippen LogP) is 4.78. The van der Waals surface area contributed by atoms with E-state index in [1.165, 1.54) is 11.6 Å². The van der Waals surface area contributed by atoms with E-state index in [0.29, 0.717) is 30.5 Å². The van der Waals surface area contributed by atoms with Crippen LogP contribution in [0.4, 0.5) is 8.78 Å². The molecule has 0 amide bonds. The monoisotopic (exact) mass is 501 g/mol. The molecule has 1 saturated carbocycles. The van der Waals surface area contributed by atoms with E-state index >= 15 is 0 Å². The molecule has 4 rings (SSSR count). The van der Waals surface area contributed by atoms with E-state index in [4.69, 9.17) is 4.74 Å². The average molecular weight is 502 g/mol. The van der Waals surface area contributed by atoms with E-state index in [1.807, 2.05) is 13.0 Å². The van der Waals surface area contributed by atoms with E-state index in [9.17, 15) is 18.4 Å². The van der Waals surface area contributed by atoms with E-state index < -0.39 is 13.0 Å². The van der Waals surface area contributed by atoms with Crippen molar-refractivity contribution in [2.45, 2.75) is 71.3 Å². The standard InChI is InChI=1S/C28H37F2N3O3/c1-2-33-24(4-3-5-28(33)35)25(34)18-21-8-6-20(7-9-21)12-15-32-16-13-22-10-11-27(36-19-26(29)30)31-23(22)14-17-32/h3-5,10-11,20-21,26H,2,6-9,12-19H2,1H3. The van der Waals surface area contributed by atoms with Gasteiger partial charge in [0.15, 0.2) is 12.4 Å². The second-order valence-corrected chi connectivity index (χ2v) is 10.1. The molecular weight excluding hydrogens is 464 g/mol. The van der Waals surface area contributed by atoms with Crippen LogP contribution in [0.3, 0.4) is 0 Å². The van der Waals surface area contributed by atoms with Gasteiger partial charge in [0.1, 0.15) is 0 Å². The van der Waals surface area contributed by atoms with Crippen LogP contribution in [0.2, 0.25) is 0 Å². The number of hydrogen-bond acceptors (Lipinski definition) is 5. The molecule has 0 bridgehead atoms. The Balaban J connectivity index is 1.20. The molecule has 0 radical (unpaired) electrons. The molecule has 3 heterocycles. The van der Waals surface area contributed by atoms with E-state index in [2.05, 4.69) is 9.88 Å². The number of rotatable bonds is 10. The lowest BCUT2D eigenvalue weighted by atomic mass is 9.78. The van der Waals surface area contributed by atoms with Crippen molar-refractivity contribution in [1.82, 2.24) is 14.5 Å². The van der Waals surface area contributed by atoms with E-state index in [1.54, 1.807) is 22.8 Å². The van der Waals surface area contributed by atoms with Gasteiger partial charge in [-0.05, 0) is 62.6 Å². The van der Waals surface area contributed by atoms with Gasteiger partial charge in [-0.1, -0.05) is 25.0 Å². The van der Waals surface area contributed by atoms with E-state index in [0.717, 1.165) is 70.3 Å². The van der Waals surface area contributed by atoms with Gasteiger partial charge < -0.3 is 14.2 Å². The topological polar surface area (TPSA) is 64.4 Å². The molecule has 0 atom stereocenters. The number of nitrogens with zero attached hydrogens (tertiary/aromatic N) is 3. The summed E-state index contributed by atoms with van der Waals surface area (Å²) in [4.78, 5) is 31.8. The summed E-state index contributed by atoms with van der Waals surface area (Å²) in [5.74, 6) is 1.44. The van der Waals surface area contributed by atoms with Crippen molar-refractivity contribution in [3.63, 3.8) is 0 Å². The molecule has 0 aromatic carbocycles. The van der Waals surface area contributed by atoms with Crippen LogP contribution in [0, 0.1) is 11.8 Å². The highest BCUT2D eigenvalue weighted by molar-refractivity contribution is 5.94. The van der Waals surface area contributed by atoms with Crippen LogP contribution in [-0.4, -0.2) is 52.9 Å². The molecule has 196 valence electrons. The fraction of sp³-hybridized carbons (Fsp3) is 0.607. The fourth-order valence-corrected chi connectivity index (χ4v) is 5.61. The lowest BCUT2D eigenvalue weighted by molar-refractivity contribution is 0.0794. The first kappa shape index (κ1) is 26.5. The van der Waals surface area contributed by atoms with Gasteiger partial charge in [0.25, 0.3) is 12.0 Å². The van der Waals surface area contributed by atoms with Gasteiger partial charge in [-0.15, -0.1) is 0 Å². The lowest BCUT2D eigenvalue weighted by Crippen LogP contribution is -2.30. The summed E-state index contributed by atoms with van der Waals surface area (Å²) in [6, 6.07) is 8.61. The van der Waals surface area contributed by atoms with Crippen LogP contribution in [-0.2, 0) is 19.4 Å². The van der Waals surface area contributed by atoms with Crippen LogP contribution in [0.25, 0.3) is 0 Å². The molecule has 1 aliphatic carbocycles. The minimum atomic E-state index is -2.50. The Morgan fingerprint density at radius 2 is 1.83 bits per heavy atom. The number of halogens is 2. The number of ketones is 1. The van der Waals surface area contributed by atoms with Crippen molar-refractivity contribution >= 4 is 5.78 Å². The number of aromatic nitrogens is 2. The van der Waals surface area contributed by atoms with Crippen LogP contribution < -0.4 is 10.3 Å². The van der Waals surface area contributed by atoms with Crippen molar-refractivity contribution in [3.05, 3.63) is 57.6 Å². The molecule has 8 heteroatoms. The van der Waals surface area contributed by atoms with Crippen molar-refractivity contribution in [3.8, 4) is 5.88 Å². The zero-order valence-electron chi connectivity index (χ0n) is 21.1. The number of hydrogen-bond donors (Lipinski definition) is 0. The van der Waals surface area contributed by atoms with Crippen LogP contribution >= 0.6 is 0 Å². The molecule has 0 unspecified atom stereocenters. The number of Topliss-reactive ketones (excluding diaryl/α,β-unsaturated/α-hetero) is 1.